The van der Waals surface area contributed by atoms with E-state index in [-0.39, 0.29) is 20.8 Å². The maximum absolute atomic E-state index is 12.3. The Morgan fingerprint density at radius 1 is 1.44 bits per heavy atom. The molecule has 6 heteroatoms. The van der Waals surface area contributed by atoms with Crippen LogP contribution in [0.1, 0.15) is 40.5 Å². The molecule has 0 spiro atoms. The Kier molecular flexibility index (Phi) is 6.21. The average molecular weight is 389 g/mol. The molecule has 0 aromatic carbocycles. The fraction of sp³-hybridized carbons (Fsp3) is 1.00. The van der Waals surface area contributed by atoms with Gasteiger partial charge in [0.1, 0.15) is 4.75 Å². The summed E-state index contributed by atoms with van der Waals surface area (Å²) in [6.07, 6.45) is 1.08. The van der Waals surface area contributed by atoms with Gasteiger partial charge in [0.15, 0.2) is 6.29 Å². The molecule has 0 amide bonds. The SMILES string of the molecule is C[C@@H]([C@@H]1CC[C@H](I)[C@@H](O)O1)N(C)[S+]([O-])C(C)(C)C. The second-order valence-corrected chi connectivity index (χ2v) is 9.71. The van der Waals surface area contributed by atoms with Crippen LogP contribution >= 0.6 is 22.6 Å². The zero-order valence-electron chi connectivity index (χ0n) is 11.7. The van der Waals surface area contributed by atoms with Gasteiger partial charge in [0.25, 0.3) is 0 Å². The van der Waals surface area contributed by atoms with E-state index in [1.54, 1.807) is 0 Å². The molecule has 1 aliphatic heterocycles. The number of aliphatic hydroxyl groups is 1. The van der Waals surface area contributed by atoms with Gasteiger partial charge in [0, 0.05) is 18.4 Å². The molecule has 5 atom stereocenters. The van der Waals surface area contributed by atoms with E-state index >= 15 is 0 Å². The molecule has 0 saturated carbocycles. The van der Waals surface area contributed by atoms with Gasteiger partial charge in [-0.25, -0.2) is 0 Å². The summed E-state index contributed by atoms with van der Waals surface area (Å²) in [4.78, 5) is 0. The number of likely N-dealkylation sites (N-methyl/N-ethyl adjacent to an activating group) is 1. The van der Waals surface area contributed by atoms with Crippen LogP contribution in [0.15, 0.2) is 0 Å². The normalized spacial score (nSPS) is 33.5. The Balaban J connectivity index is 2.61. The quantitative estimate of drug-likeness (QED) is 0.456. The van der Waals surface area contributed by atoms with Gasteiger partial charge in [-0.3, -0.25) is 0 Å². The zero-order valence-corrected chi connectivity index (χ0v) is 14.7. The number of hydrogen-bond donors (Lipinski definition) is 1. The van der Waals surface area contributed by atoms with E-state index in [0.29, 0.717) is 0 Å². The molecule has 18 heavy (non-hydrogen) atoms. The standard InChI is InChI=1S/C12H24INO3S/c1-8(14(5)18(16)12(2,3)4)10-7-6-9(13)11(15)17-10/h8-11,15H,6-7H2,1-5H3/t8-,9-,10-,11-,18?/m0/s1. The van der Waals surface area contributed by atoms with Crippen LogP contribution in [0.5, 0.6) is 0 Å². The number of rotatable bonds is 3. The molecular weight excluding hydrogens is 365 g/mol. The summed E-state index contributed by atoms with van der Waals surface area (Å²) in [6, 6.07) is 0.0311. The molecule has 0 bridgehead atoms. The van der Waals surface area contributed by atoms with Crippen LogP contribution in [-0.2, 0) is 16.1 Å². The minimum absolute atomic E-state index is 0.0311. The maximum Gasteiger partial charge on any atom is 0.166 e. The molecule has 4 nitrogen and oxygen atoms in total. The smallest absolute Gasteiger partial charge is 0.166 e. The Morgan fingerprint density at radius 3 is 2.44 bits per heavy atom. The average Bonchev–Trinajstić information content (AvgIpc) is 2.28. The number of nitrogens with zero attached hydrogens (tertiary/aromatic N) is 1. The van der Waals surface area contributed by atoms with E-state index in [1.165, 1.54) is 0 Å². The van der Waals surface area contributed by atoms with Crippen molar-refractivity contribution in [2.45, 2.75) is 67.6 Å². The molecule has 108 valence electrons. The largest absolute Gasteiger partial charge is 0.597 e. The minimum Gasteiger partial charge on any atom is -0.597 e. The van der Waals surface area contributed by atoms with Gasteiger partial charge in [0.2, 0.25) is 0 Å². The van der Waals surface area contributed by atoms with E-state index in [1.807, 2.05) is 39.0 Å². The molecule has 0 aromatic heterocycles. The van der Waals surface area contributed by atoms with Crippen molar-refractivity contribution in [3.8, 4) is 0 Å². The number of halogens is 1. The van der Waals surface area contributed by atoms with Crippen LogP contribution in [-0.4, -0.2) is 48.1 Å². The van der Waals surface area contributed by atoms with Gasteiger partial charge in [-0.2, -0.15) is 0 Å². The van der Waals surface area contributed by atoms with Gasteiger partial charge in [-0.05, 0) is 40.5 Å². The minimum atomic E-state index is -1.06. The van der Waals surface area contributed by atoms with E-state index in [9.17, 15) is 9.66 Å². The molecule has 0 aliphatic carbocycles. The van der Waals surface area contributed by atoms with Crippen molar-refractivity contribution in [3.63, 3.8) is 0 Å². The Labute approximate surface area is 127 Å². The number of ether oxygens (including phenoxy) is 1. The lowest BCUT2D eigenvalue weighted by atomic mass is 10.0. The van der Waals surface area contributed by atoms with Crippen LogP contribution in [0.4, 0.5) is 0 Å². The third-order valence-corrected chi connectivity index (χ3v) is 6.39. The van der Waals surface area contributed by atoms with E-state index in [2.05, 4.69) is 22.6 Å². The van der Waals surface area contributed by atoms with E-state index in [4.69, 9.17) is 4.74 Å². The number of alkyl halides is 1. The van der Waals surface area contributed by atoms with Crippen LogP contribution in [0.2, 0.25) is 0 Å². The zero-order chi connectivity index (χ0) is 14.1. The third kappa shape index (κ3) is 4.21. The van der Waals surface area contributed by atoms with Crippen LogP contribution in [0.3, 0.4) is 0 Å². The number of hydrogen-bond acceptors (Lipinski definition) is 4. The molecule has 0 radical (unpaired) electrons. The van der Waals surface area contributed by atoms with Crippen molar-refractivity contribution in [3.05, 3.63) is 0 Å². The van der Waals surface area contributed by atoms with Gasteiger partial charge < -0.3 is 14.4 Å². The molecule has 1 heterocycles. The number of aliphatic hydroxyl groups excluding tert-OH is 1. The van der Waals surface area contributed by atoms with Crippen molar-refractivity contribution in [1.82, 2.24) is 4.31 Å². The molecular formula is C12H24INO3S. The van der Waals surface area contributed by atoms with Gasteiger partial charge >= 0.3 is 0 Å². The van der Waals surface area contributed by atoms with Gasteiger partial charge in [-0.1, -0.05) is 22.6 Å². The topological polar surface area (TPSA) is 55.8 Å². The van der Waals surface area contributed by atoms with Crippen molar-refractivity contribution in [2.24, 2.45) is 0 Å². The summed E-state index contributed by atoms with van der Waals surface area (Å²) in [5, 5.41) is 9.75. The summed E-state index contributed by atoms with van der Waals surface area (Å²) in [6.45, 7) is 7.89. The summed E-state index contributed by atoms with van der Waals surface area (Å²) in [5.41, 5.74) is 0. The van der Waals surface area contributed by atoms with Crippen LogP contribution < -0.4 is 0 Å². The Hall–Kier alpha value is 0.920. The van der Waals surface area contributed by atoms with Crippen molar-refractivity contribution in [2.75, 3.05) is 7.05 Å². The predicted octanol–water partition coefficient (Wildman–Crippen LogP) is 2.07. The van der Waals surface area contributed by atoms with Crippen molar-refractivity contribution in [1.29, 1.82) is 0 Å². The lowest BCUT2D eigenvalue weighted by Gasteiger charge is -2.39. The fourth-order valence-electron chi connectivity index (χ4n) is 1.97. The predicted molar refractivity (Wildman–Crippen MR) is 83.0 cm³/mol. The first-order valence-electron chi connectivity index (χ1n) is 6.27. The maximum atomic E-state index is 12.3. The summed E-state index contributed by atoms with van der Waals surface area (Å²) in [7, 11) is 1.86. The lowest BCUT2D eigenvalue weighted by Crippen LogP contribution is -2.52. The highest BCUT2D eigenvalue weighted by Gasteiger charge is 2.39. The molecule has 1 fully saturated rings. The summed E-state index contributed by atoms with van der Waals surface area (Å²) < 4.78 is 19.7. The monoisotopic (exact) mass is 389 g/mol. The molecule has 0 aromatic rings. The highest BCUT2D eigenvalue weighted by Crippen LogP contribution is 2.29. The highest BCUT2D eigenvalue weighted by atomic mass is 127. The summed E-state index contributed by atoms with van der Waals surface area (Å²) >= 11 is 1.15. The third-order valence-electron chi connectivity index (χ3n) is 3.25. The molecule has 1 N–H and O–H groups in total. The molecule has 1 unspecified atom stereocenters. The van der Waals surface area contributed by atoms with Crippen molar-refractivity contribution < 1.29 is 14.4 Å². The Morgan fingerprint density at radius 2 is 2.00 bits per heavy atom. The second kappa shape index (κ2) is 6.58. The summed E-state index contributed by atoms with van der Waals surface area (Å²) in [5.74, 6) is 0. The van der Waals surface area contributed by atoms with Gasteiger partial charge in [-0.15, -0.1) is 4.31 Å². The fourth-order valence-corrected chi connectivity index (χ4v) is 3.80. The van der Waals surface area contributed by atoms with E-state index in [0.717, 1.165) is 12.8 Å². The first-order valence-corrected chi connectivity index (χ1v) is 8.62. The van der Waals surface area contributed by atoms with Gasteiger partial charge in [0.05, 0.1) is 16.1 Å². The van der Waals surface area contributed by atoms with Crippen LogP contribution in [0, 0.1) is 0 Å². The highest BCUT2D eigenvalue weighted by molar-refractivity contribution is 14.1. The molecule has 1 aliphatic rings. The first-order chi connectivity index (χ1) is 8.14. The molecule has 1 rings (SSSR count). The Bertz CT molecular complexity index is 275. The van der Waals surface area contributed by atoms with Crippen molar-refractivity contribution >= 4 is 34.0 Å². The van der Waals surface area contributed by atoms with Crippen LogP contribution in [0.25, 0.3) is 0 Å². The first kappa shape index (κ1) is 17.0. The van der Waals surface area contributed by atoms with E-state index < -0.39 is 17.7 Å². The lowest BCUT2D eigenvalue weighted by molar-refractivity contribution is -0.166. The second-order valence-electron chi connectivity index (χ2n) is 5.81. The molecule has 1 saturated heterocycles.